The molecule has 6 nitrogen and oxygen atoms in total. The van der Waals surface area contributed by atoms with Crippen LogP contribution in [0.15, 0.2) is 238 Å². The van der Waals surface area contributed by atoms with Crippen molar-refractivity contribution in [1.29, 1.82) is 0 Å². The number of hydrogen-bond donors (Lipinski definition) is 1. The summed E-state index contributed by atoms with van der Waals surface area (Å²) < 4.78 is 2.37. The minimum Gasteiger partial charge on any atom is -0.355 e. The molecule has 312 valence electrons. The van der Waals surface area contributed by atoms with E-state index in [0.29, 0.717) is 5.82 Å². The highest BCUT2D eigenvalue weighted by atomic mass is 15.1. The summed E-state index contributed by atoms with van der Waals surface area (Å²) in [6, 6.07) is 78.6. The number of hydrogen-bond acceptors (Lipinski definition) is 5. The maximum absolute atomic E-state index is 4.46. The molecule has 11 aromatic rings. The first-order valence-electron chi connectivity index (χ1n) is 22.2. The molecule has 0 amide bonds. The first kappa shape index (κ1) is 38.8. The quantitative estimate of drug-likeness (QED) is 0.149. The monoisotopic (exact) mass is 846 g/mol. The van der Waals surface area contributed by atoms with Gasteiger partial charge < -0.3 is 14.8 Å². The second kappa shape index (κ2) is 16.0. The van der Waals surface area contributed by atoms with Crippen LogP contribution >= 0.6 is 0 Å². The average Bonchev–Trinajstić information content (AvgIpc) is 3.88. The Hall–Kier alpha value is -8.87. The number of benzene rings is 9. The molecule has 0 atom stereocenters. The summed E-state index contributed by atoms with van der Waals surface area (Å²) in [5.74, 6) is 0.628. The number of fused-ring (bicyclic) bond motifs is 6. The highest BCUT2D eigenvalue weighted by Gasteiger charge is 2.46. The van der Waals surface area contributed by atoms with Gasteiger partial charge in [-0.3, -0.25) is 0 Å². The molecule has 9 aromatic carbocycles. The molecule has 0 bridgehead atoms. The van der Waals surface area contributed by atoms with Gasteiger partial charge in [0.15, 0.2) is 5.82 Å². The van der Waals surface area contributed by atoms with E-state index in [4.69, 9.17) is 0 Å². The van der Waals surface area contributed by atoms with Crippen molar-refractivity contribution >= 4 is 56.3 Å². The van der Waals surface area contributed by atoms with E-state index < -0.39 is 5.41 Å². The number of nitrogens with zero attached hydrogens (tertiary/aromatic N) is 5. The summed E-state index contributed by atoms with van der Waals surface area (Å²) in [4.78, 5) is 15.4. The molecule has 1 N–H and O–H groups in total. The van der Waals surface area contributed by atoms with E-state index in [-0.39, 0.29) is 0 Å². The highest BCUT2D eigenvalue weighted by Crippen LogP contribution is 2.57. The SMILES string of the molecule is C=Cc1c(Nc2ccccc2)ccc2c3cc(N(c4ccc(-c5ncncn5)cc4)c4ccc5c(c4)C(c4ccccc4)(c4ccccc4)c4ccccc4-5)ccc3n(-c3ccccc3)c12. The Labute approximate surface area is 383 Å². The van der Waals surface area contributed by atoms with Gasteiger partial charge in [-0.2, -0.15) is 0 Å². The molecular formula is C60H42N6. The van der Waals surface area contributed by atoms with Gasteiger partial charge in [0, 0.05) is 56.0 Å². The van der Waals surface area contributed by atoms with E-state index >= 15 is 0 Å². The highest BCUT2D eigenvalue weighted by molar-refractivity contribution is 6.14. The molecule has 2 heterocycles. The zero-order valence-corrected chi connectivity index (χ0v) is 36.0. The Morgan fingerprint density at radius 1 is 0.515 bits per heavy atom. The Morgan fingerprint density at radius 2 is 1.11 bits per heavy atom. The van der Waals surface area contributed by atoms with Crippen LogP contribution in [-0.2, 0) is 5.41 Å². The van der Waals surface area contributed by atoms with Crippen LogP contribution in [0.3, 0.4) is 0 Å². The fourth-order valence-corrected chi connectivity index (χ4v) is 10.3. The van der Waals surface area contributed by atoms with Crippen LogP contribution in [0.4, 0.5) is 28.4 Å². The lowest BCUT2D eigenvalue weighted by Crippen LogP contribution is -2.28. The molecular weight excluding hydrogens is 805 g/mol. The molecule has 12 rings (SSSR count). The topological polar surface area (TPSA) is 58.9 Å². The smallest absolute Gasteiger partial charge is 0.162 e. The Balaban J connectivity index is 1.11. The van der Waals surface area contributed by atoms with E-state index in [9.17, 15) is 0 Å². The van der Waals surface area contributed by atoms with E-state index in [2.05, 4.69) is 237 Å². The van der Waals surface area contributed by atoms with Crippen molar-refractivity contribution in [3.05, 3.63) is 265 Å². The van der Waals surface area contributed by atoms with Crippen molar-refractivity contribution in [2.75, 3.05) is 10.2 Å². The predicted molar refractivity (Wildman–Crippen MR) is 271 cm³/mol. The van der Waals surface area contributed by atoms with Crippen molar-refractivity contribution in [3.63, 3.8) is 0 Å². The minimum atomic E-state index is -0.557. The second-order valence-electron chi connectivity index (χ2n) is 16.6. The molecule has 0 saturated heterocycles. The van der Waals surface area contributed by atoms with Gasteiger partial charge in [0.05, 0.1) is 16.4 Å². The number of rotatable bonds is 10. The molecule has 0 fully saturated rings. The lowest BCUT2D eigenvalue weighted by Gasteiger charge is -2.35. The lowest BCUT2D eigenvalue weighted by atomic mass is 9.67. The second-order valence-corrected chi connectivity index (χ2v) is 16.6. The molecule has 6 heteroatoms. The third-order valence-corrected chi connectivity index (χ3v) is 13.1. The standard InChI is InChI=1S/C60H42N6/c1-2-49-56(64-44-21-11-5-12-22-44)35-34-52-53-37-47(32-36-57(53)66(58(49)52)45-23-13-6-14-24-45)65(46-29-27-41(28-30-46)59-62-39-61-40-63-59)48-31-33-51-50-25-15-16-26-54(50)60(55(51)38-48,42-17-7-3-8-18-42)43-19-9-4-10-20-43/h2-40,64H,1H2. The molecule has 2 aromatic heterocycles. The van der Waals surface area contributed by atoms with Crippen molar-refractivity contribution in [2.24, 2.45) is 0 Å². The van der Waals surface area contributed by atoms with Crippen LogP contribution in [0.2, 0.25) is 0 Å². The Kier molecular flexibility index (Phi) is 9.42. The predicted octanol–water partition coefficient (Wildman–Crippen LogP) is 14.9. The largest absolute Gasteiger partial charge is 0.355 e. The van der Waals surface area contributed by atoms with Gasteiger partial charge in [-0.1, -0.05) is 146 Å². The molecule has 0 saturated carbocycles. The molecule has 1 aliphatic carbocycles. The molecule has 0 spiro atoms. The van der Waals surface area contributed by atoms with Crippen LogP contribution in [0.25, 0.3) is 56.1 Å². The van der Waals surface area contributed by atoms with E-state index in [1.165, 1.54) is 46.0 Å². The first-order chi connectivity index (χ1) is 32.7. The summed E-state index contributed by atoms with van der Waals surface area (Å²) in [6.07, 6.45) is 5.05. The maximum Gasteiger partial charge on any atom is 0.162 e. The van der Waals surface area contributed by atoms with Gasteiger partial charge in [-0.25, -0.2) is 15.0 Å². The normalized spacial score (nSPS) is 12.4. The molecule has 0 unspecified atom stereocenters. The molecule has 1 aliphatic rings. The summed E-state index contributed by atoms with van der Waals surface area (Å²) in [5.41, 5.74) is 17.1. The fraction of sp³-hybridized carbons (Fsp3) is 0.0167. The van der Waals surface area contributed by atoms with E-state index in [0.717, 1.165) is 67.1 Å². The van der Waals surface area contributed by atoms with Crippen molar-refractivity contribution in [2.45, 2.75) is 5.41 Å². The number of para-hydroxylation sites is 2. The summed E-state index contributed by atoms with van der Waals surface area (Å²) in [7, 11) is 0. The third kappa shape index (κ3) is 6.22. The summed E-state index contributed by atoms with van der Waals surface area (Å²) in [6.45, 7) is 4.37. The molecule has 0 aliphatic heterocycles. The van der Waals surface area contributed by atoms with Crippen LogP contribution in [0.1, 0.15) is 27.8 Å². The summed E-state index contributed by atoms with van der Waals surface area (Å²) >= 11 is 0. The van der Waals surface area contributed by atoms with E-state index in [1.807, 2.05) is 24.3 Å². The third-order valence-electron chi connectivity index (χ3n) is 13.1. The lowest BCUT2D eigenvalue weighted by molar-refractivity contribution is 0.768. The van der Waals surface area contributed by atoms with Crippen molar-refractivity contribution in [3.8, 4) is 28.2 Å². The molecule has 66 heavy (non-hydrogen) atoms. The van der Waals surface area contributed by atoms with Crippen LogP contribution in [0.5, 0.6) is 0 Å². The zero-order valence-electron chi connectivity index (χ0n) is 36.0. The fourth-order valence-electron chi connectivity index (χ4n) is 10.3. The van der Waals surface area contributed by atoms with Gasteiger partial charge in [-0.05, 0) is 118 Å². The van der Waals surface area contributed by atoms with Crippen LogP contribution < -0.4 is 10.2 Å². The van der Waals surface area contributed by atoms with Crippen LogP contribution in [0, 0.1) is 0 Å². The Bertz CT molecular complexity index is 3510. The first-order valence-corrected chi connectivity index (χ1v) is 22.2. The van der Waals surface area contributed by atoms with Crippen molar-refractivity contribution < 1.29 is 0 Å². The van der Waals surface area contributed by atoms with Crippen molar-refractivity contribution in [1.82, 2.24) is 19.5 Å². The Morgan fingerprint density at radius 3 is 1.80 bits per heavy atom. The summed E-state index contributed by atoms with van der Waals surface area (Å²) in [5, 5.41) is 5.94. The average molecular weight is 847 g/mol. The van der Waals surface area contributed by atoms with Gasteiger partial charge >= 0.3 is 0 Å². The molecule has 0 radical (unpaired) electrons. The van der Waals surface area contributed by atoms with Crippen LogP contribution in [-0.4, -0.2) is 19.5 Å². The van der Waals surface area contributed by atoms with E-state index in [1.54, 1.807) is 0 Å². The number of nitrogens with one attached hydrogen (secondary N) is 1. The zero-order chi connectivity index (χ0) is 44.0. The van der Waals surface area contributed by atoms with Gasteiger partial charge in [0.2, 0.25) is 0 Å². The number of aromatic nitrogens is 4. The van der Waals surface area contributed by atoms with Gasteiger partial charge in [0.25, 0.3) is 0 Å². The van der Waals surface area contributed by atoms with Gasteiger partial charge in [0.1, 0.15) is 12.7 Å². The maximum atomic E-state index is 4.46. The number of anilines is 5. The van der Waals surface area contributed by atoms with Gasteiger partial charge in [-0.15, -0.1) is 0 Å². The minimum absolute atomic E-state index is 0.557.